The van der Waals surface area contributed by atoms with E-state index >= 15 is 0 Å². The molecule has 1 saturated heterocycles. The predicted octanol–water partition coefficient (Wildman–Crippen LogP) is 0.0687. The van der Waals surface area contributed by atoms with E-state index in [1.165, 1.54) is 17.0 Å². The van der Waals surface area contributed by atoms with Crippen LogP contribution in [0.2, 0.25) is 6.32 Å². The summed E-state index contributed by atoms with van der Waals surface area (Å²) in [6.07, 6.45) is -3.84. The minimum Gasteiger partial charge on any atom is -0.480 e. The van der Waals surface area contributed by atoms with E-state index in [9.17, 15) is 27.9 Å². The van der Waals surface area contributed by atoms with E-state index in [0.717, 1.165) is 12.1 Å². The van der Waals surface area contributed by atoms with Crippen LogP contribution in [0.25, 0.3) is 0 Å². The van der Waals surface area contributed by atoms with Crippen molar-refractivity contribution in [3.63, 3.8) is 0 Å². The number of likely N-dealkylation sites (tertiary alicyclic amines) is 1. The van der Waals surface area contributed by atoms with Gasteiger partial charge >= 0.3 is 19.3 Å². The number of carbonyl (C=O) groups is 2. The molecule has 8 nitrogen and oxygen atoms in total. The van der Waals surface area contributed by atoms with Crippen LogP contribution in [-0.4, -0.2) is 63.7 Å². The van der Waals surface area contributed by atoms with Gasteiger partial charge < -0.3 is 31.5 Å². The Labute approximate surface area is 171 Å². The number of nitrogens with two attached hydrogens (primary N) is 2. The van der Waals surface area contributed by atoms with Crippen LogP contribution < -0.4 is 11.5 Å². The van der Waals surface area contributed by atoms with E-state index in [1.807, 2.05) is 0 Å². The molecule has 7 N–H and O–H groups in total. The average Bonchev–Trinajstić information content (AvgIpc) is 2.98. The molecule has 3 atom stereocenters. The molecule has 1 aromatic rings. The molecule has 1 unspecified atom stereocenters. The van der Waals surface area contributed by atoms with Gasteiger partial charge in [0.1, 0.15) is 5.54 Å². The number of amides is 1. The number of hydrogen-bond donors (Lipinski definition) is 5. The molecule has 0 saturated carbocycles. The lowest BCUT2D eigenvalue weighted by atomic mass is 9.78. The maximum atomic E-state index is 12.7. The first kappa shape index (κ1) is 24.1. The highest BCUT2D eigenvalue weighted by molar-refractivity contribution is 6.40. The summed E-state index contributed by atoms with van der Waals surface area (Å²) in [7, 11) is -1.52. The standard InChI is InChI=1S/C18H25BF3N3O5/c20-18(21,22)12-5-3-11(4-6-12)8-14(23)15(26)25-9-13(2-1-7-19(29)30)17(24,10-25)16(27)28/h3-6,13-14,29-30H,1-2,7-10,23-24H2,(H,27,28)/t13-,14?,17+/m0/s1. The number of carbonyl (C=O) groups excluding carboxylic acids is 1. The first-order chi connectivity index (χ1) is 13.8. The lowest BCUT2D eigenvalue weighted by molar-refractivity contribution is -0.144. The normalized spacial score (nSPS) is 22.8. The lowest BCUT2D eigenvalue weighted by Crippen LogP contribution is -2.55. The molecule has 12 heteroatoms. The van der Waals surface area contributed by atoms with Gasteiger partial charge in [0.15, 0.2) is 0 Å². The van der Waals surface area contributed by atoms with Gasteiger partial charge in [0.25, 0.3) is 0 Å². The van der Waals surface area contributed by atoms with Gasteiger partial charge in [-0.2, -0.15) is 13.2 Å². The van der Waals surface area contributed by atoms with Crippen molar-refractivity contribution in [3.05, 3.63) is 35.4 Å². The second-order valence-corrected chi connectivity index (χ2v) is 7.68. The number of hydrogen-bond acceptors (Lipinski definition) is 6. The SMILES string of the molecule is NC(Cc1ccc(C(F)(F)F)cc1)C(=O)N1C[C@H](CCCB(O)O)[C@@](N)(C(=O)O)C1. The number of alkyl halides is 3. The molecule has 1 aliphatic heterocycles. The van der Waals surface area contributed by atoms with Gasteiger partial charge in [0, 0.05) is 19.0 Å². The summed E-state index contributed by atoms with van der Waals surface area (Å²) in [5.41, 5.74) is 9.91. The van der Waals surface area contributed by atoms with Crippen molar-refractivity contribution in [3.8, 4) is 0 Å². The molecule has 166 valence electrons. The quantitative estimate of drug-likeness (QED) is 0.366. The van der Waals surface area contributed by atoms with Crippen molar-refractivity contribution < 1.29 is 37.9 Å². The number of carboxylic acids is 1. The second kappa shape index (κ2) is 9.33. The van der Waals surface area contributed by atoms with Gasteiger partial charge in [-0.3, -0.25) is 9.59 Å². The average molecular weight is 431 g/mol. The fraction of sp³-hybridized carbons (Fsp3) is 0.556. The van der Waals surface area contributed by atoms with Crippen LogP contribution in [0.5, 0.6) is 0 Å². The van der Waals surface area contributed by atoms with Gasteiger partial charge in [-0.05, 0) is 36.9 Å². The molecule has 0 aromatic heterocycles. The summed E-state index contributed by atoms with van der Waals surface area (Å²) < 4.78 is 37.9. The van der Waals surface area contributed by atoms with Crippen LogP contribution in [0, 0.1) is 5.92 Å². The molecule has 30 heavy (non-hydrogen) atoms. The first-order valence-electron chi connectivity index (χ1n) is 9.43. The minimum atomic E-state index is -4.46. The number of rotatable bonds is 8. The Morgan fingerprint density at radius 1 is 1.27 bits per heavy atom. The lowest BCUT2D eigenvalue weighted by Gasteiger charge is -2.25. The van der Waals surface area contributed by atoms with Crippen LogP contribution in [0.4, 0.5) is 13.2 Å². The zero-order chi connectivity index (χ0) is 22.7. The van der Waals surface area contributed by atoms with Crippen LogP contribution in [0.15, 0.2) is 24.3 Å². The number of halogens is 3. The number of carboxylic acid groups (broad SMARTS) is 1. The van der Waals surface area contributed by atoms with Crippen molar-refractivity contribution in [2.45, 2.75) is 43.3 Å². The van der Waals surface area contributed by atoms with Gasteiger partial charge in [0.2, 0.25) is 5.91 Å². The van der Waals surface area contributed by atoms with Crippen LogP contribution in [-0.2, 0) is 22.2 Å². The van der Waals surface area contributed by atoms with Gasteiger partial charge in [-0.1, -0.05) is 18.6 Å². The molecular formula is C18H25BF3N3O5. The highest BCUT2D eigenvalue weighted by Gasteiger charge is 2.51. The molecule has 1 amide bonds. The fourth-order valence-corrected chi connectivity index (χ4v) is 3.65. The summed E-state index contributed by atoms with van der Waals surface area (Å²) in [6, 6.07) is 3.23. The van der Waals surface area contributed by atoms with E-state index in [-0.39, 0.29) is 32.3 Å². The smallest absolute Gasteiger partial charge is 0.451 e. The maximum absolute atomic E-state index is 12.7. The van der Waals surface area contributed by atoms with Crippen molar-refractivity contribution in [2.24, 2.45) is 17.4 Å². The highest BCUT2D eigenvalue weighted by atomic mass is 19.4. The maximum Gasteiger partial charge on any atom is 0.451 e. The Morgan fingerprint density at radius 2 is 1.87 bits per heavy atom. The van der Waals surface area contributed by atoms with Gasteiger partial charge in [0.05, 0.1) is 11.6 Å². The molecule has 0 aliphatic carbocycles. The summed E-state index contributed by atoms with van der Waals surface area (Å²) in [6.45, 7) is -0.210. The van der Waals surface area contributed by atoms with Crippen molar-refractivity contribution in [2.75, 3.05) is 13.1 Å². The Hall–Kier alpha value is -2.15. The zero-order valence-electron chi connectivity index (χ0n) is 16.2. The Balaban J connectivity index is 2.03. The zero-order valence-corrected chi connectivity index (χ0v) is 16.2. The van der Waals surface area contributed by atoms with Gasteiger partial charge in [-0.15, -0.1) is 0 Å². The summed E-state index contributed by atoms with van der Waals surface area (Å²) >= 11 is 0. The molecule has 0 bridgehead atoms. The van der Waals surface area contributed by atoms with E-state index < -0.39 is 48.2 Å². The second-order valence-electron chi connectivity index (χ2n) is 7.68. The molecule has 1 aliphatic rings. The Bertz CT molecular complexity index is 762. The predicted molar refractivity (Wildman–Crippen MR) is 102 cm³/mol. The molecular weight excluding hydrogens is 406 g/mol. The Kier molecular flexibility index (Phi) is 7.51. The number of benzene rings is 1. The fourth-order valence-electron chi connectivity index (χ4n) is 3.65. The largest absolute Gasteiger partial charge is 0.480 e. The molecule has 1 heterocycles. The molecule has 0 spiro atoms. The number of nitrogens with zero attached hydrogens (tertiary/aromatic N) is 1. The monoisotopic (exact) mass is 431 g/mol. The van der Waals surface area contributed by atoms with E-state index in [2.05, 4.69) is 0 Å². The summed E-state index contributed by atoms with van der Waals surface area (Å²) in [4.78, 5) is 25.6. The van der Waals surface area contributed by atoms with Crippen LogP contribution in [0.3, 0.4) is 0 Å². The van der Waals surface area contributed by atoms with Gasteiger partial charge in [-0.25, -0.2) is 0 Å². The Morgan fingerprint density at radius 3 is 2.37 bits per heavy atom. The third-order valence-corrected chi connectivity index (χ3v) is 5.40. The highest BCUT2D eigenvalue weighted by Crippen LogP contribution is 2.31. The summed E-state index contributed by atoms with van der Waals surface area (Å²) in [5.74, 6) is -2.42. The molecule has 2 rings (SSSR count). The van der Waals surface area contributed by atoms with Crippen molar-refractivity contribution >= 4 is 19.0 Å². The first-order valence-corrected chi connectivity index (χ1v) is 9.43. The third kappa shape index (κ3) is 5.72. The third-order valence-electron chi connectivity index (χ3n) is 5.40. The molecule has 1 fully saturated rings. The van der Waals surface area contributed by atoms with Crippen molar-refractivity contribution in [1.82, 2.24) is 4.90 Å². The van der Waals surface area contributed by atoms with E-state index in [4.69, 9.17) is 21.5 Å². The number of aliphatic carboxylic acids is 1. The molecule has 1 aromatic carbocycles. The molecule has 0 radical (unpaired) electrons. The van der Waals surface area contributed by atoms with Crippen molar-refractivity contribution in [1.29, 1.82) is 0 Å². The van der Waals surface area contributed by atoms with Crippen LogP contribution >= 0.6 is 0 Å². The van der Waals surface area contributed by atoms with E-state index in [1.54, 1.807) is 0 Å². The summed E-state index contributed by atoms with van der Waals surface area (Å²) in [5, 5.41) is 27.4. The van der Waals surface area contributed by atoms with Crippen LogP contribution in [0.1, 0.15) is 24.0 Å². The minimum absolute atomic E-state index is 0.0144. The van der Waals surface area contributed by atoms with E-state index in [0.29, 0.717) is 12.0 Å². The topological polar surface area (TPSA) is 150 Å².